The summed E-state index contributed by atoms with van der Waals surface area (Å²) in [6.45, 7) is 3.76. The third-order valence-electron chi connectivity index (χ3n) is 6.25. The fourth-order valence-electron chi connectivity index (χ4n) is 4.74. The van der Waals surface area contributed by atoms with E-state index in [-0.39, 0.29) is 12.1 Å². The maximum Gasteiger partial charge on any atom is 0.401 e. The zero-order valence-electron chi connectivity index (χ0n) is 16.2. The van der Waals surface area contributed by atoms with Crippen LogP contribution in [0, 0.1) is 6.92 Å². The number of aromatic amines is 1. The van der Waals surface area contributed by atoms with Gasteiger partial charge in [0, 0.05) is 60.8 Å². The van der Waals surface area contributed by atoms with Gasteiger partial charge in [-0.1, -0.05) is 0 Å². The summed E-state index contributed by atoms with van der Waals surface area (Å²) in [7, 11) is 0. The molecule has 9 heteroatoms. The molecule has 2 aliphatic heterocycles. The largest absolute Gasteiger partial charge is 0.401 e. The summed E-state index contributed by atoms with van der Waals surface area (Å²) >= 11 is 0. The highest BCUT2D eigenvalue weighted by Crippen LogP contribution is 2.43. The first-order chi connectivity index (χ1) is 13.8. The van der Waals surface area contributed by atoms with Crippen molar-refractivity contribution in [2.45, 2.75) is 37.9 Å². The van der Waals surface area contributed by atoms with E-state index < -0.39 is 12.7 Å². The molecule has 154 valence electrons. The van der Waals surface area contributed by atoms with E-state index in [1.807, 2.05) is 19.3 Å². The second kappa shape index (κ2) is 6.56. The van der Waals surface area contributed by atoms with E-state index >= 15 is 0 Å². The van der Waals surface area contributed by atoms with Gasteiger partial charge < -0.3 is 4.98 Å². The van der Waals surface area contributed by atoms with Crippen LogP contribution < -0.4 is 5.32 Å². The van der Waals surface area contributed by atoms with Crippen molar-refractivity contribution in [1.82, 2.24) is 30.0 Å². The van der Waals surface area contributed by atoms with Gasteiger partial charge in [-0.3, -0.25) is 14.9 Å². The summed E-state index contributed by atoms with van der Waals surface area (Å²) in [6.07, 6.45) is 1.54. The molecule has 0 bridgehead atoms. The predicted molar refractivity (Wildman–Crippen MR) is 103 cm³/mol. The van der Waals surface area contributed by atoms with Crippen LogP contribution in [0.5, 0.6) is 0 Å². The molecule has 1 spiro atoms. The van der Waals surface area contributed by atoms with Crippen molar-refractivity contribution < 1.29 is 13.2 Å². The molecule has 0 aliphatic carbocycles. The number of hydrogen-bond acceptors (Lipinski definition) is 4. The monoisotopic (exact) mass is 404 g/mol. The molecule has 0 radical (unpaired) electrons. The molecule has 1 atom stereocenters. The summed E-state index contributed by atoms with van der Waals surface area (Å²) < 4.78 is 39.2. The van der Waals surface area contributed by atoms with Gasteiger partial charge in [0.1, 0.15) is 5.65 Å². The molecule has 1 unspecified atom stereocenters. The maximum absolute atomic E-state index is 12.4. The van der Waals surface area contributed by atoms with E-state index in [0.717, 1.165) is 60.3 Å². The normalized spacial score (nSPS) is 22.2. The van der Waals surface area contributed by atoms with Gasteiger partial charge in [-0.25, -0.2) is 4.98 Å². The highest BCUT2D eigenvalue weighted by molar-refractivity contribution is 5.83. The first-order valence-electron chi connectivity index (χ1n) is 9.85. The standard InChI is InChI=1S/C20H23F3N6/c1-13-8-25-18-15(13)6-14(9-26-18)16-7-17-19(3-5-29(17)27-16)2-4-28(11-19)12-24-10-20(21,22)23/h6-9,24H,2-5,10-12H2,1H3,(H,25,26). The molecular formula is C20H23F3N6. The Hall–Kier alpha value is -2.39. The predicted octanol–water partition coefficient (Wildman–Crippen LogP) is 3.19. The van der Waals surface area contributed by atoms with E-state index in [1.54, 1.807) is 0 Å². The van der Waals surface area contributed by atoms with E-state index in [9.17, 15) is 13.2 Å². The van der Waals surface area contributed by atoms with Crippen LogP contribution in [-0.2, 0) is 12.0 Å². The molecule has 5 heterocycles. The average Bonchev–Trinajstić information content (AvgIpc) is 3.41. The Bertz CT molecular complexity index is 1050. The summed E-state index contributed by atoms with van der Waals surface area (Å²) in [6, 6.07) is 4.26. The van der Waals surface area contributed by atoms with Crippen molar-refractivity contribution in [3.05, 3.63) is 35.8 Å². The van der Waals surface area contributed by atoms with Crippen LogP contribution in [0.25, 0.3) is 22.3 Å². The van der Waals surface area contributed by atoms with E-state index in [4.69, 9.17) is 5.10 Å². The van der Waals surface area contributed by atoms with Crippen LogP contribution in [-0.4, -0.2) is 57.1 Å². The average molecular weight is 404 g/mol. The van der Waals surface area contributed by atoms with Gasteiger partial charge in [0.25, 0.3) is 0 Å². The number of likely N-dealkylation sites (tertiary alicyclic amines) is 1. The SMILES string of the molecule is Cc1c[nH]c2ncc(-c3cc4n(n3)CCC43CCN(CNCC(F)(F)F)C3)cc12. The number of fused-ring (bicyclic) bond motifs is 3. The quantitative estimate of drug-likeness (QED) is 0.701. The lowest BCUT2D eigenvalue weighted by molar-refractivity contribution is -0.126. The highest BCUT2D eigenvalue weighted by atomic mass is 19.4. The van der Waals surface area contributed by atoms with Gasteiger partial charge in [-0.2, -0.15) is 18.3 Å². The maximum atomic E-state index is 12.4. The highest BCUT2D eigenvalue weighted by Gasteiger charge is 2.45. The third kappa shape index (κ3) is 3.32. The van der Waals surface area contributed by atoms with Crippen LogP contribution in [0.1, 0.15) is 24.1 Å². The molecule has 0 saturated carbocycles. The summed E-state index contributed by atoms with van der Waals surface area (Å²) in [5, 5.41) is 8.41. The fraction of sp³-hybridized carbons (Fsp3) is 0.500. The van der Waals surface area contributed by atoms with Crippen molar-refractivity contribution in [3.8, 4) is 11.3 Å². The Kier molecular flexibility index (Phi) is 4.22. The molecule has 0 aromatic carbocycles. The Morgan fingerprint density at radius 2 is 2.07 bits per heavy atom. The first kappa shape index (κ1) is 18.6. The molecule has 0 amide bonds. The summed E-state index contributed by atoms with van der Waals surface area (Å²) in [4.78, 5) is 9.73. The number of hydrogen-bond donors (Lipinski definition) is 2. The number of aromatic nitrogens is 4. The van der Waals surface area contributed by atoms with Crippen LogP contribution in [0.15, 0.2) is 24.5 Å². The fourth-order valence-corrected chi connectivity index (χ4v) is 4.74. The van der Waals surface area contributed by atoms with Gasteiger partial charge in [-0.05, 0) is 37.5 Å². The summed E-state index contributed by atoms with van der Waals surface area (Å²) in [5.74, 6) is 0. The van der Waals surface area contributed by atoms with Gasteiger partial charge in [-0.15, -0.1) is 0 Å². The number of aryl methyl sites for hydroxylation is 2. The Labute approximate surface area is 166 Å². The van der Waals surface area contributed by atoms with Crippen molar-refractivity contribution in [1.29, 1.82) is 0 Å². The minimum atomic E-state index is -4.18. The second-order valence-electron chi connectivity index (χ2n) is 8.26. The van der Waals surface area contributed by atoms with Crippen LogP contribution >= 0.6 is 0 Å². The molecule has 5 rings (SSSR count). The second-order valence-corrected chi connectivity index (χ2v) is 8.26. The number of H-pyrrole nitrogens is 1. The minimum absolute atomic E-state index is 0.0211. The van der Waals surface area contributed by atoms with Crippen LogP contribution in [0.2, 0.25) is 0 Å². The number of alkyl halides is 3. The molecule has 2 N–H and O–H groups in total. The number of pyridine rings is 1. The lowest BCUT2D eigenvalue weighted by Gasteiger charge is -2.23. The van der Waals surface area contributed by atoms with Crippen molar-refractivity contribution >= 4 is 11.0 Å². The van der Waals surface area contributed by atoms with Crippen LogP contribution in [0.4, 0.5) is 13.2 Å². The Morgan fingerprint density at radius 1 is 1.24 bits per heavy atom. The molecule has 3 aromatic rings. The first-order valence-corrected chi connectivity index (χ1v) is 9.85. The molecule has 6 nitrogen and oxygen atoms in total. The molecule has 2 aliphatic rings. The minimum Gasteiger partial charge on any atom is -0.346 e. The molecular weight excluding hydrogens is 381 g/mol. The lowest BCUT2D eigenvalue weighted by Crippen LogP contribution is -2.39. The molecule has 29 heavy (non-hydrogen) atoms. The number of nitrogens with zero attached hydrogens (tertiary/aromatic N) is 4. The van der Waals surface area contributed by atoms with Crippen LogP contribution in [0.3, 0.4) is 0 Å². The third-order valence-corrected chi connectivity index (χ3v) is 6.25. The van der Waals surface area contributed by atoms with Gasteiger partial charge in [0.2, 0.25) is 0 Å². The topological polar surface area (TPSA) is 61.8 Å². The van der Waals surface area contributed by atoms with Gasteiger partial charge >= 0.3 is 6.18 Å². The smallest absolute Gasteiger partial charge is 0.346 e. The van der Waals surface area contributed by atoms with E-state index in [0.29, 0.717) is 0 Å². The summed E-state index contributed by atoms with van der Waals surface area (Å²) in [5.41, 5.74) is 5.08. The molecule has 1 saturated heterocycles. The zero-order chi connectivity index (χ0) is 20.2. The van der Waals surface area contributed by atoms with Crippen molar-refractivity contribution in [3.63, 3.8) is 0 Å². The van der Waals surface area contributed by atoms with Gasteiger partial charge in [0.05, 0.1) is 12.2 Å². The number of nitrogens with one attached hydrogen (secondary N) is 2. The van der Waals surface area contributed by atoms with Gasteiger partial charge in [0.15, 0.2) is 0 Å². The Morgan fingerprint density at radius 3 is 2.90 bits per heavy atom. The van der Waals surface area contributed by atoms with E-state index in [2.05, 4.69) is 37.0 Å². The Balaban J connectivity index is 1.35. The van der Waals surface area contributed by atoms with Crippen molar-refractivity contribution in [2.75, 3.05) is 26.3 Å². The van der Waals surface area contributed by atoms with E-state index in [1.165, 1.54) is 5.69 Å². The number of halogens is 3. The number of rotatable bonds is 4. The van der Waals surface area contributed by atoms with Crippen molar-refractivity contribution in [2.24, 2.45) is 0 Å². The lowest BCUT2D eigenvalue weighted by atomic mass is 9.82. The molecule has 3 aromatic heterocycles. The molecule has 1 fully saturated rings. The zero-order valence-corrected chi connectivity index (χ0v) is 16.2.